The van der Waals surface area contributed by atoms with Gasteiger partial charge in [0.25, 0.3) is 0 Å². The second kappa shape index (κ2) is 6.05. The highest BCUT2D eigenvalue weighted by atomic mass is 127. The van der Waals surface area contributed by atoms with Gasteiger partial charge in [-0.2, -0.15) is 0 Å². The summed E-state index contributed by atoms with van der Waals surface area (Å²) in [5, 5.41) is 0. The summed E-state index contributed by atoms with van der Waals surface area (Å²) in [7, 11) is 0. The van der Waals surface area contributed by atoms with E-state index in [-0.39, 0.29) is 0 Å². The monoisotopic (exact) mass is 294 g/mol. The highest BCUT2D eigenvalue weighted by Crippen LogP contribution is 2.37. The summed E-state index contributed by atoms with van der Waals surface area (Å²) in [5.74, 6) is 1.48. The molecule has 0 unspecified atom stereocenters. The molecule has 0 aromatic heterocycles. The molecule has 0 amide bonds. The molecule has 0 heterocycles. The number of allylic oxidation sites excluding steroid dienone is 2. The van der Waals surface area contributed by atoms with Gasteiger partial charge in [0.1, 0.15) is 0 Å². The minimum atomic E-state index is 0.428. The molecule has 0 N–H and O–H groups in total. The molecule has 0 fully saturated rings. The minimum absolute atomic E-state index is 0.428. The first kappa shape index (κ1) is 13.5. The van der Waals surface area contributed by atoms with Crippen LogP contribution in [0.2, 0.25) is 0 Å². The van der Waals surface area contributed by atoms with E-state index in [1.165, 1.54) is 10.8 Å². The van der Waals surface area contributed by atoms with Crippen LogP contribution in [0.25, 0.3) is 0 Å². The third-order valence-electron chi connectivity index (χ3n) is 3.47. The molecule has 2 atom stereocenters. The summed E-state index contributed by atoms with van der Waals surface area (Å²) in [5.41, 5.74) is 0.428. The third-order valence-corrected chi connectivity index (χ3v) is 4.09. The van der Waals surface area contributed by atoms with Gasteiger partial charge in [-0.05, 0) is 35.0 Å². The highest BCUT2D eigenvalue weighted by molar-refractivity contribution is 14.1. The van der Waals surface area contributed by atoms with Gasteiger partial charge < -0.3 is 0 Å². The Morgan fingerprint density at radius 1 is 1.31 bits per heavy atom. The maximum Gasteiger partial charge on any atom is -0.000199 e. The molecule has 0 saturated carbocycles. The van der Waals surface area contributed by atoms with Crippen LogP contribution in [0.3, 0.4) is 0 Å². The van der Waals surface area contributed by atoms with Gasteiger partial charge in [-0.15, -0.1) is 0 Å². The first-order chi connectivity index (χ1) is 5.96. The van der Waals surface area contributed by atoms with Crippen molar-refractivity contribution in [3.05, 3.63) is 12.2 Å². The fourth-order valence-corrected chi connectivity index (χ4v) is 2.46. The van der Waals surface area contributed by atoms with Crippen molar-refractivity contribution in [2.75, 3.05) is 4.43 Å². The summed E-state index contributed by atoms with van der Waals surface area (Å²) >= 11 is 2.47. The van der Waals surface area contributed by atoms with Crippen LogP contribution >= 0.6 is 22.6 Å². The third kappa shape index (κ3) is 4.01. The van der Waals surface area contributed by atoms with E-state index in [2.05, 4.69) is 69.4 Å². The lowest BCUT2D eigenvalue weighted by molar-refractivity contribution is 0.167. The van der Waals surface area contributed by atoms with Crippen LogP contribution in [-0.2, 0) is 0 Å². The quantitative estimate of drug-likeness (QED) is 0.392. The van der Waals surface area contributed by atoms with Gasteiger partial charge in [0.15, 0.2) is 0 Å². The van der Waals surface area contributed by atoms with Crippen molar-refractivity contribution in [2.45, 2.75) is 41.0 Å². The SMILES string of the molecule is C/C=C/[C@H](C)C(C)(C)[C@@H](C)CCI. The topological polar surface area (TPSA) is 0 Å². The van der Waals surface area contributed by atoms with Crippen LogP contribution in [0.15, 0.2) is 12.2 Å². The van der Waals surface area contributed by atoms with E-state index in [1.54, 1.807) is 0 Å². The molecule has 78 valence electrons. The Morgan fingerprint density at radius 3 is 2.23 bits per heavy atom. The van der Waals surface area contributed by atoms with Crippen LogP contribution in [-0.4, -0.2) is 4.43 Å². The molecular formula is C12H23I. The average Bonchev–Trinajstić information content (AvgIpc) is 2.05. The van der Waals surface area contributed by atoms with Crippen molar-refractivity contribution < 1.29 is 0 Å². The van der Waals surface area contributed by atoms with Gasteiger partial charge in [0.05, 0.1) is 0 Å². The summed E-state index contributed by atoms with van der Waals surface area (Å²) in [6.45, 7) is 11.6. The van der Waals surface area contributed by atoms with Crippen LogP contribution < -0.4 is 0 Å². The van der Waals surface area contributed by atoms with Crippen molar-refractivity contribution in [1.29, 1.82) is 0 Å². The lowest BCUT2D eigenvalue weighted by Gasteiger charge is -2.36. The molecule has 0 bridgehead atoms. The van der Waals surface area contributed by atoms with E-state index in [4.69, 9.17) is 0 Å². The van der Waals surface area contributed by atoms with Gasteiger partial charge in [-0.1, -0.05) is 62.4 Å². The largest absolute Gasteiger partial charge is 0.0914 e. The van der Waals surface area contributed by atoms with Gasteiger partial charge in [-0.3, -0.25) is 0 Å². The number of hydrogen-bond donors (Lipinski definition) is 0. The molecule has 13 heavy (non-hydrogen) atoms. The average molecular weight is 294 g/mol. The van der Waals surface area contributed by atoms with Crippen LogP contribution in [0.1, 0.15) is 41.0 Å². The molecule has 0 radical (unpaired) electrons. The first-order valence-electron chi connectivity index (χ1n) is 5.15. The van der Waals surface area contributed by atoms with Crippen LogP contribution in [0.4, 0.5) is 0 Å². The normalized spacial score (nSPS) is 17.7. The number of alkyl halides is 1. The van der Waals surface area contributed by atoms with Crippen molar-refractivity contribution >= 4 is 22.6 Å². The van der Waals surface area contributed by atoms with E-state index in [9.17, 15) is 0 Å². The summed E-state index contributed by atoms with van der Waals surface area (Å²) in [6, 6.07) is 0. The molecular weight excluding hydrogens is 271 g/mol. The van der Waals surface area contributed by atoms with Crippen molar-refractivity contribution in [3.8, 4) is 0 Å². The molecule has 0 saturated heterocycles. The van der Waals surface area contributed by atoms with Crippen molar-refractivity contribution in [3.63, 3.8) is 0 Å². The number of hydrogen-bond acceptors (Lipinski definition) is 0. The highest BCUT2D eigenvalue weighted by Gasteiger charge is 2.29. The Bertz CT molecular complexity index is 159. The smallest absolute Gasteiger partial charge is 0.000199 e. The molecule has 0 aliphatic heterocycles. The Kier molecular flexibility index (Phi) is 6.27. The molecule has 0 aliphatic rings. The molecule has 1 heteroatoms. The fourth-order valence-electron chi connectivity index (χ4n) is 1.52. The van der Waals surface area contributed by atoms with Gasteiger partial charge in [-0.25, -0.2) is 0 Å². The van der Waals surface area contributed by atoms with Crippen LogP contribution in [0.5, 0.6) is 0 Å². The van der Waals surface area contributed by atoms with E-state index in [1.807, 2.05) is 0 Å². The Balaban J connectivity index is 4.34. The van der Waals surface area contributed by atoms with E-state index >= 15 is 0 Å². The maximum atomic E-state index is 2.47. The predicted octanol–water partition coefficient (Wildman–Crippen LogP) is 4.69. The maximum absolute atomic E-state index is 2.47. The minimum Gasteiger partial charge on any atom is -0.0914 e. The molecule has 0 aromatic rings. The zero-order valence-corrected chi connectivity index (χ0v) is 11.8. The molecule has 0 aliphatic carbocycles. The number of halogens is 1. The first-order valence-corrected chi connectivity index (χ1v) is 6.68. The van der Waals surface area contributed by atoms with E-state index in [0.29, 0.717) is 11.3 Å². The van der Waals surface area contributed by atoms with E-state index in [0.717, 1.165) is 5.92 Å². The van der Waals surface area contributed by atoms with Gasteiger partial charge in [0.2, 0.25) is 0 Å². The van der Waals surface area contributed by atoms with Crippen molar-refractivity contribution in [1.82, 2.24) is 0 Å². The second-order valence-corrected chi connectivity index (χ2v) is 5.59. The molecule has 0 rings (SSSR count). The standard InChI is InChI=1S/C12H23I/c1-6-7-10(2)12(4,5)11(3)8-9-13/h6-7,10-11H,8-9H2,1-5H3/b7-6+/t10-,11-/m0/s1. The number of rotatable bonds is 5. The predicted molar refractivity (Wildman–Crippen MR) is 70.4 cm³/mol. The summed E-state index contributed by atoms with van der Waals surface area (Å²) in [4.78, 5) is 0. The lowest BCUT2D eigenvalue weighted by atomic mass is 9.70. The van der Waals surface area contributed by atoms with Crippen LogP contribution in [0, 0.1) is 17.3 Å². The molecule has 0 nitrogen and oxygen atoms in total. The van der Waals surface area contributed by atoms with Crippen molar-refractivity contribution in [2.24, 2.45) is 17.3 Å². The van der Waals surface area contributed by atoms with Gasteiger partial charge >= 0.3 is 0 Å². The summed E-state index contributed by atoms with van der Waals surface area (Å²) in [6.07, 6.45) is 5.82. The zero-order valence-electron chi connectivity index (χ0n) is 9.60. The lowest BCUT2D eigenvalue weighted by Crippen LogP contribution is -2.28. The zero-order chi connectivity index (χ0) is 10.5. The Morgan fingerprint density at radius 2 is 1.85 bits per heavy atom. The second-order valence-electron chi connectivity index (χ2n) is 4.51. The molecule has 0 aromatic carbocycles. The Hall–Kier alpha value is 0.470. The fraction of sp³-hybridized carbons (Fsp3) is 0.833. The Labute approximate surface area is 97.3 Å². The summed E-state index contributed by atoms with van der Waals surface area (Å²) < 4.78 is 1.27. The van der Waals surface area contributed by atoms with Gasteiger partial charge in [0, 0.05) is 0 Å². The van der Waals surface area contributed by atoms with E-state index < -0.39 is 0 Å². The molecule has 0 spiro atoms.